The van der Waals surface area contributed by atoms with Gasteiger partial charge in [0.05, 0.1) is 19.6 Å². The molecule has 2 atom stereocenters. The highest BCUT2D eigenvalue weighted by atomic mass is 16.7. The third-order valence-corrected chi connectivity index (χ3v) is 2.71. The Morgan fingerprint density at radius 2 is 2.31 bits per heavy atom. The molecule has 0 bridgehead atoms. The Kier molecular flexibility index (Phi) is 6.42. The van der Waals surface area contributed by atoms with Gasteiger partial charge in [0.2, 0.25) is 0 Å². The summed E-state index contributed by atoms with van der Waals surface area (Å²) in [5.41, 5.74) is 0. The molecular formula is C12H22O4. The third-order valence-electron chi connectivity index (χ3n) is 2.71. The summed E-state index contributed by atoms with van der Waals surface area (Å²) in [5, 5.41) is 0. The minimum atomic E-state index is -0.214. The first-order valence-corrected chi connectivity index (χ1v) is 6.10. The van der Waals surface area contributed by atoms with Crippen LogP contribution in [0.4, 0.5) is 0 Å². The monoisotopic (exact) mass is 230 g/mol. The molecule has 0 aromatic carbocycles. The first kappa shape index (κ1) is 13.5. The van der Waals surface area contributed by atoms with Crippen LogP contribution in [0.2, 0.25) is 0 Å². The molecule has 1 rings (SSSR count). The van der Waals surface area contributed by atoms with Gasteiger partial charge in [-0.3, -0.25) is 4.79 Å². The fourth-order valence-electron chi connectivity index (χ4n) is 1.84. The second-order valence-electron chi connectivity index (χ2n) is 4.12. The number of rotatable bonds is 6. The average molecular weight is 230 g/mol. The van der Waals surface area contributed by atoms with E-state index in [-0.39, 0.29) is 18.4 Å². The Morgan fingerprint density at radius 3 is 2.88 bits per heavy atom. The molecule has 0 amide bonds. The van der Waals surface area contributed by atoms with Crippen LogP contribution in [-0.2, 0) is 19.0 Å². The third kappa shape index (κ3) is 4.94. The number of ether oxygens (including phenoxy) is 3. The van der Waals surface area contributed by atoms with Crippen LogP contribution in [0.15, 0.2) is 0 Å². The Labute approximate surface area is 97.2 Å². The van der Waals surface area contributed by atoms with Crippen LogP contribution in [0.1, 0.15) is 45.4 Å². The lowest BCUT2D eigenvalue weighted by Gasteiger charge is -2.27. The number of methoxy groups -OCH3 is 1. The second kappa shape index (κ2) is 7.63. The zero-order valence-corrected chi connectivity index (χ0v) is 10.2. The fraction of sp³-hybridized carbons (Fsp3) is 0.917. The SMILES string of the molecule is CCC[C@@H](CC(=O)OC)OC1CCCCO1. The molecule has 0 spiro atoms. The summed E-state index contributed by atoms with van der Waals surface area (Å²) in [6.45, 7) is 2.84. The molecule has 1 fully saturated rings. The van der Waals surface area contributed by atoms with Gasteiger partial charge in [0.25, 0.3) is 0 Å². The molecule has 0 aromatic heterocycles. The Hall–Kier alpha value is -0.610. The van der Waals surface area contributed by atoms with E-state index in [9.17, 15) is 4.79 Å². The van der Waals surface area contributed by atoms with Crippen LogP contribution in [0.25, 0.3) is 0 Å². The van der Waals surface area contributed by atoms with Gasteiger partial charge in [-0.2, -0.15) is 0 Å². The Morgan fingerprint density at radius 1 is 1.50 bits per heavy atom. The van der Waals surface area contributed by atoms with E-state index in [4.69, 9.17) is 9.47 Å². The van der Waals surface area contributed by atoms with Crippen LogP contribution >= 0.6 is 0 Å². The average Bonchev–Trinajstić information content (AvgIpc) is 2.30. The van der Waals surface area contributed by atoms with E-state index in [2.05, 4.69) is 11.7 Å². The summed E-state index contributed by atoms with van der Waals surface area (Å²) in [6, 6.07) is 0. The molecule has 0 N–H and O–H groups in total. The number of esters is 1. The lowest BCUT2D eigenvalue weighted by atomic mass is 10.1. The van der Waals surface area contributed by atoms with E-state index in [0.29, 0.717) is 6.42 Å². The molecule has 0 saturated carbocycles. The highest BCUT2D eigenvalue weighted by Gasteiger charge is 2.21. The van der Waals surface area contributed by atoms with Gasteiger partial charge >= 0.3 is 5.97 Å². The zero-order valence-electron chi connectivity index (χ0n) is 10.2. The molecule has 16 heavy (non-hydrogen) atoms. The van der Waals surface area contributed by atoms with Gasteiger partial charge < -0.3 is 14.2 Å². The molecule has 1 unspecified atom stereocenters. The van der Waals surface area contributed by atoms with Gasteiger partial charge in [-0.15, -0.1) is 0 Å². The van der Waals surface area contributed by atoms with E-state index >= 15 is 0 Å². The maximum Gasteiger partial charge on any atom is 0.308 e. The number of carbonyl (C=O) groups excluding carboxylic acids is 1. The van der Waals surface area contributed by atoms with Crippen molar-refractivity contribution in [1.82, 2.24) is 0 Å². The van der Waals surface area contributed by atoms with Crippen molar-refractivity contribution >= 4 is 5.97 Å². The van der Waals surface area contributed by atoms with Gasteiger partial charge in [0, 0.05) is 6.61 Å². The Bertz CT molecular complexity index is 199. The van der Waals surface area contributed by atoms with Crippen LogP contribution in [0.3, 0.4) is 0 Å². The van der Waals surface area contributed by atoms with Gasteiger partial charge in [-0.25, -0.2) is 0 Å². The minimum absolute atomic E-state index is 0.0689. The van der Waals surface area contributed by atoms with Gasteiger partial charge in [0.1, 0.15) is 0 Å². The summed E-state index contributed by atoms with van der Waals surface area (Å²) in [7, 11) is 1.41. The molecule has 0 aliphatic carbocycles. The molecule has 94 valence electrons. The summed E-state index contributed by atoms with van der Waals surface area (Å²) in [6.07, 6.45) is 5.17. The second-order valence-corrected chi connectivity index (χ2v) is 4.12. The fourth-order valence-corrected chi connectivity index (χ4v) is 1.84. The summed E-state index contributed by atoms with van der Waals surface area (Å²) in [5.74, 6) is -0.214. The van der Waals surface area contributed by atoms with Crippen molar-refractivity contribution in [3.8, 4) is 0 Å². The van der Waals surface area contributed by atoms with Crippen molar-refractivity contribution in [2.45, 2.75) is 57.8 Å². The highest BCUT2D eigenvalue weighted by molar-refractivity contribution is 5.69. The molecule has 0 aromatic rings. The number of hydrogen-bond acceptors (Lipinski definition) is 4. The molecular weight excluding hydrogens is 208 g/mol. The van der Waals surface area contributed by atoms with Gasteiger partial charge in [-0.05, 0) is 25.7 Å². The lowest BCUT2D eigenvalue weighted by molar-refractivity contribution is -0.193. The summed E-state index contributed by atoms with van der Waals surface area (Å²) >= 11 is 0. The molecule has 4 heteroatoms. The topological polar surface area (TPSA) is 44.8 Å². The van der Waals surface area contributed by atoms with Gasteiger partial charge in [0.15, 0.2) is 6.29 Å². The predicted octanol–water partition coefficient (Wildman–Crippen LogP) is 2.26. The van der Waals surface area contributed by atoms with Crippen LogP contribution in [0.5, 0.6) is 0 Å². The first-order valence-electron chi connectivity index (χ1n) is 6.10. The van der Waals surface area contributed by atoms with Crippen LogP contribution < -0.4 is 0 Å². The van der Waals surface area contributed by atoms with Crippen molar-refractivity contribution in [2.75, 3.05) is 13.7 Å². The van der Waals surface area contributed by atoms with E-state index in [1.807, 2.05) is 0 Å². The first-order chi connectivity index (χ1) is 7.76. The van der Waals surface area contributed by atoms with E-state index in [0.717, 1.165) is 38.7 Å². The highest BCUT2D eigenvalue weighted by Crippen LogP contribution is 2.18. The van der Waals surface area contributed by atoms with Gasteiger partial charge in [-0.1, -0.05) is 13.3 Å². The molecule has 4 nitrogen and oxygen atoms in total. The molecule has 1 aliphatic heterocycles. The maximum atomic E-state index is 11.2. The van der Waals surface area contributed by atoms with Crippen molar-refractivity contribution in [1.29, 1.82) is 0 Å². The molecule has 1 saturated heterocycles. The zero-order chi connectivity index (χ0) is 11.8. The summed E-state index contributed by atoms with van der Waals surface area (Å²) in [4.78, 5) is 11.2. The molecule has 1 heterocycles. The number of carbonyl (C=O) groups is 1. The quantitative estimate of drug-likeness (QED) is 0.656. The Balaban J connectivity index is 2.33. The largest absolute Gasteiger partial charge is 0.469 e. The molecule has 1 aliphatic rings. The maximum absolute atomic E-state index is 11.2. The number of hydrogen-bond donors (Lipinski definition) is 0. The smallest absolute Gasteiger partial charge is 0.308 e. The van der Waals surface area contributed by atoms with Crippen molar-refractivity contribution < 1.29 is 19.0 Å². The predicted molar refractivity (Wildman–Crippen MR) is 60.0 cm³/mol. The minimum Gasteiger partial charge on any atom is -0.469 e. The van der Waals surface area contributed by atoms with Crippen LogP contribution in [0, 0.1) is 0 Å². The van der Waals surface area contributed by atoms with Crippen molar-refractivity contribution in [2.24, 2.45) is 0 Å². The van der Waals surface area contributed by atoms with E-state index in [1.54, 1.807) is 0 Å². The normalized spacial score (nSPS) is 22.8. The lowest BCUT2D eigenvalue weighted by Crippen LogP contribution is -2.29. The standard InChI is InChI=1S/C12H22O4/c1-3-6-10(9-11(13)14-2)16-12-7-4-5-8-15-12/h10,12H,3-9H2,1-2H3/t10-,12?/m0/s1. The van der Waals surface area contributed by atoms with Crippen LogP contribution in [-0.4, -0.2) is 32.1 Å². The van der Waals surface area contributed by atoms with E-state index in [1.165, 1.54) is 7.11 Å². The van der Waals surface area contributed by atoms with Crippen molar-refractivity contribution in [3.63, 3.8) is 0 Å². The summed E-state index contributed by atoms with van der Waals surface area (Å²) < 4.78 is 15.9. The van der Waals surface area contributed by atoms with Crippen molar-refractivity contribution in [3.05, 3.63) is 0 Å². The molecule has 0 radical (unpaired) electrons. The van der Waals surface area contributed by atoms with E-state index < -0.39 is 0 Å².